The van der Waals surface area contributed by atoms with Crippen LogP contribution in [0.25, 0.3) is 0 Å². The summed E-state index contributed by atoms with van der Waals surface area (Å²) in [5.41, 5.74) is 4.78. The van der Waals surface area contributed by atoms with Crippen LogP contribution in [-0.4, -0.2) is 43.1 Å². The summed E-state index contributed by atoms with van der Waals surface area (Å²) < 4.78 is 44.8. The Labute approximate surface area is 201 Å². The first-order valence-corrected chi connectivity index (χ1v) is 12.9. The maximum atomic E-state index is 12.6. The second kappa shape index (κ2) is 10.4. The van der Waals surface area contributed by atoms with Crippen molar-refractivity contribution < 1.29 is 22.1 Å². The summed E-state index contributed by atoms with van der Waals surface area (Å²) >= 11 is 0. The standard InChI is InChI=1S/C26H32N2O5S/c1-20-6-8-25(9-7-20)34(29,30)32-17-24-16-31-26(33-24,18-28-12-11-27-19-28)10-4-5-23-14-21(2)13-22(3)15-23/h6-9,11-15,19,24H,4-5,10,16-18H2,1-3H3/t24-,26+/m0/s1. The molecule has 1 aliphatic heterocycles. The van der Waals surface area contributed by atoms with Gasteiger partial charge >= 0.3 is 0 Å². The molecule has 0 unspecified atom stereocenters. The van der Waals surface area contributed by atoms with E-state index in [-0.39, 0.29) is 18.1 Å². The fourth-order valence-corrected chi connectivity index (χ4v) is 5.30. The maximum absolute atomic E-state index is 12.6. The summed E-state index contributed by atoms with van der Waals surface area (Å²) in [4.78, 5) is 4.25. The summed E-state index contributed by atoms with van der Waals surface area (Å²) in [6.07, 6.45) is 7.27. The minimum absolute atomic E-state index is 0.0983. The van der Waals surface area contributed by atoms with E-state index in [0.29, 0.717) is 13.0 Å². The molecule has 0 radical (unpaired) electrons. The smallest absolute Gasteiger partial charge is 0.297 e. The van der Waals surface area contributed by atoms with Gasteiger partial charge in [-0.3, -0.25) is 4.18 Å². The van der Waals surface area contributed by atoms with Crippen molar-refractivity contribution >= 4 is 10.1 Å². The summed E-state index contributed by atoms with van der Waals surface area (Å²) in [5.74, 6) is -0.860. The molecule has 2 aromatic carbocycles. The van der Waals surface area contributed by atoms with Gasteiger partial charge in [0.05, 0.1) is 31.0 Å². The fourth-order valence-electron chi connectivity index (χ4n) is 4.36. The number of aryl methyl sites for hydroxylation is 4. The predicted molar refractivity (Wildman–Crippen MR) is 129 cm³/mol. The molecular formula is C26H32N2O5S. The zero-order valence-corrected chi connectivity index (χ0v) is 20.8. The van der Waals surface area contributed by atoms with E-state index in [1.165, 1.54) is 16.7 Å². The molecule has 0 bridgehead atoms. The lowest BCUT2D eigenvalue weighted by atomic mass is 10.0. The van der Waals surface area contributed by atoms with E-state index in [1.54, 1.807) is 36.8 Å². The molecule has 3 aromatic rings. The van der Waals surface area contributed by atoms with Crippen LogP contribution in [0.5, 0.6) is 0 Å². The fraction of sp³-hybridized carbons (Fsp3) is 0.423. The lowest BCUT2D eigenvalue weighted by Gasteiger charge is -2.28. The molecule has 0 aliphatic carbocycles. The molecule has 2 heterocycles. The Balaban J connectivity index is 1.39. The Bertz CT molecular complexity index is 1170. The van der Waals surface area contributed by atoms with E-state index in [1.807, 2.05) is 17.7 Å². The van der Waals surface area contributed by atoms with Gasteiger partial charge in [0.2, 0.25) is 0 Å². The van der Waals surface area contributed by atoms with Crippen molar-refractivity contribution in [3.63, 3.8) is 0 Å². The van der Waals surface area contributed by atoms with Crippen LogP contribution in [0, 0.1) is 20.8 Å². The number of benzene rings is 2. The van der Waals surface area contributed by atoms with Crippen molar-refractivity contribution in [2.75, 3.05) is 13.2 Å². The Kier molecular flexibility index (Phi) is 7.52. The van der Waals surface area contributed by atoms with E-state index in [2.05, 4.69) is 37.0 Å². The van der Waals surface area contributed by atoms with Gasteiger partial charge in [0, 0.05) is 18.8 Å². The first-order chi connectivity index (χ1) is 16.2. The molecular weight excluding hydrogens is 452 g/mol. The molecule has 2 atom stereocenters. The zero-order chi connectivity index (χ0) is 24.2. The van der Waals surface area contributed by atoms with Crippen molar-refractivity contribution in [3.05, 3.63) is 83.4 Å². The number of imidazole rings is 1. The van der Waals surface area contributed by atoms with Gasteiger partial charge in [0.25, 0.3) is 10.1 Å². The number of ether oxygens (including phenoxy) is 2. The lowest BCUT2D eigenvalue weighted by molar-refractivity contribution is -0.185. The average molecular weight is 485 g/mol. The average Bonchev–Trinajstić information content (AvgIpc) is 3.43. The van der Waals surface area contributed by atoms with Crippen LogP contribution in [0.4, 0.5) is 0 Å². The van der Waals surface area contributed by atoms with E-state index in [9.17, 15) is 8.42 Å². The highest BCUT2D eigenvalue weighted by atomic mass is 32.2. The largest absolute Gasteiger partial charge is 0.345 e. The number of hydrogen-bond acceptors (Lipinski definition) is 6. The second-order valence-corrected chi connectivity index (χ2v) is 10.7. The number of rotatable bonds is 10. The Morgan fingerprint density at radius 2 is 1.82 bits per heavy atom. The van der Waals surface area contributed by atoms with Gasteiger partial charge in [0.15, 0.2) is 5.79 Å². The van der Waals surface area contributed by atoms with E-state index in [4.69, 9.17) is 13.7 Å². The second-order valence-electron chi connectivity index (χ2n) is 9.10. The molecule has 0 saturated carbocycles. The Morgan fingerprint density at radius 3 is 2.50 bits per heavy atom. The zero-order valence-electron chi connectivity index (χ0n) is 19.9. The third-order valence-corrected chi connectivity index (χ3v) is 7.22. The van der Waals surface area contributed by atoms with Crippen molar-refractivity contribution in [1.29, 1.82) is 0 Å². The van der Waals surface area contributed by atoms with Crippen LogP contribution in [0.2, 0.25) is 0 Å². The van der Waals surface area contributed by atoms with E-state index < -0.39 is 22.0 Å². The number of aromatic nitrogens is 2. The van der Waals surface area contributed by atoms with Crippen molar-refractivity contribution in [2.24, 2.45) is 0 Å². The quantitative estimate of drug-likeness (QED) is 0.398. The van der Waals surface area contributed by atoms with Gasteiger partial charge in [-0.25, -0.2) is 4.98 Å². The van der Waals surface area contributed by atoms with Crippen molar-refractivity contribution in [3.8, 4) is 0 Å². The molecule has 0 spiro atoms. The molecule has 1 aromatic heterocycles. The Hall–Kier alpha value is -2.52. The third kappa shape index (κ3) is 6.33. The lowest BCUT2D eigenvalue weighted by Crippen LogP contribution is -2.37. The SMILES string of the molecule is Cc1ccc(S(=O)(=O)OC[C@@H]2CO[C@@](CCCc3cc(C)cc(C)c3)(Cn3ccnc3)O2)cc1. The van der Waals surface area contributed by atoms with Gasteiger partial charge in [-0.05, 0) is 51.3 Å². The minimum Gasteiger partial charge on any atom is -0.345 e. The topological polar surface area (TPSA) is 79.7 Å². The van der Waals surface area contributed by atoms with Gasteiger partial charge in [0.1, 0.15) is 6.10 Å². The molecule has 8 heteroatoms. The monoisotopic (exact) mass is 484 g/mol. The predicted octanol–water partition coefficient (Wildman–Crippen LogP) is 4.35. The van der Waals surface area contributed by atoms with E-state index in [0.717, 1.165) is 18.4 Å². The molecule has 0 amide bonds. The van der Waals surface area contributed by atoms with Crippen LogP contribution in [0.15, 0.2) is 66.1 Å². The van der Waals surface area contributed by atoms with Crippen LogP contribution in [0.1, 0.15) is 35.1 Å². The molecule has 1 fully saturated rings. The van der Waals surface area contributed by atoms with Gasteiger partial charge < -0.3 is 14.0 Å². The highest BCUT2D eigenvalue weighted by molar-refractivity contribution is 7.86. The molecule has 7 nitrogen and oxygen atoms in total. The van der Waals surface area contributed by atoms with Gasteiger partial charge in [-0.2, -0.15) is 8.42 Å². The highest BCUT2D eigenvalue weighted by Crippen LogP contribution is 2.32. The maximum Gasteiger partial charge on any atom is 0.297 e. The molecule has 1 saturated heterocycles. The van der Waals surface area contributed by atoms with Crippen LogP contribution >= 0.6 is 0 Å². The molecule has 182 valence electrons. The molecule has 4 rings (SSSR count). The number of nitrogens with zero attached hydrogens (tertiary/aromatic N) is 2. The summed E-state index contributed by atoms with van der Waals surface area (Å²) in [6, 6.07) is 13.2. The summed E-state index contributed by atoms with van der Waals surface area (Å²) in [6.45, 7) is 6.76. The molecule has 34 heavy (non-hydrogen) atoms. The third-order valence-electron chi connectivity index (χ3n) is 5.92. The molecule has 1 aliphatic rings. The number of hydrogen-bond donors (Lipinski definition) is 0. The normalized spacial score (nSPS) is 20.6. The summed E-state index contributed by atoms with van der Waals surface area (Å²) in [7, 11) is -3.86. The summed E-state index contributed by atoms with van der Waals surface area (Å²) in [5, 5.41) is 0. The van der Waals surface area contributed by atoms with E-state index >= 15 is 0 Å². The van der Waals surface area contributed by atoms with Gasteiger partial charge in [-0.1, -0.05) is 47.0 Å². The van der Waals surface area contributed by atoms with Crippen LogP contribution in [0.3, 0.4) is 0 Å². The van der Waals surface area contributed by atoms with Crippen LogP contribution in [-0.2, 0) is 36.7 Å². The molecule has 0 N–H and O–H groups in total. The van der Waals surface area contributed by atoms with Crippen molar-refractivity contribution in [1.82, 2.24) is 9.55 Å². The first kappa shape index (κ1) is 24.6. The minimum atomic E-state index is -3.86. The highest BCUT2D eigenvalue weighted by Gasteiger charge is 2.42. The van der Waals surface area contributed by atoms with Crippen LogP contribution < -0.4 is 0 Å². The van der Waals surface area contributed by atoms with Crippen molar-refractivity contribution in [2.45, 2.75) is 63.4 Å². The first-order valence-electron chi connectivity index (χ1n) is 11.5. The van der Waals surface area contributed by atoms with Gasteiger partial charge in [-0.15, -0.1) is 0 Å². The Morgan fingerprint density at radius 1 is 1.09 bits per heavy atom.